The van der Waals surface area contributed by atoms with Crippen LogP contribution in [-0.2, 0) is 26.0 Å². The third kappa shape index (κ3) is 3.21. The molecule has 26 heavy (non-hydrogen) atoms. The molecule has 6 heteroatoms. The molecule has 0 N–H and O–H groups in total. The number of hydrogen-bond acceptors (Lipinski definition) is 4. The van der Waals surface area contributed by atoms with Gasteiger partial charge in [-0.25, -0.2) is 8.42 Å². The second-order valence-corrected chi connectivity index (χ2v) is 8.36. The third-order valence-corrected chi connectivity index (χ3v) is 6.65. The molecule has 1 heterocycles. The fourth-order valence-corrected chi connectivity index (χ4v) is 5.29. The molecular weight excluding hydrogens is 350 g/mol. The predicted molar refractivity (Wildman–Crippen MR) is 101 cm³/mol. The van der Waals surface area contributed by atoms with E-state index in [1.807, 2.05) is 31.2 Å². The molecule has 1 aliphatic heterocycles. The van der Waals surface area contributed by atoms with Gasteiger partial charge in [-0.05, 0) is 56.5 Å². The molecule has 138 valence electrons. The molecule has 3 rings (SSSR count). The van der Waals surface area contributed by atoms with E-state index in [0.717, 1.165) is 11.1 Å². The number of sulfonamides is 1. The number of fused-ring (bicyclic) bond motifs is 1. The van der Waals surface area contributed by atoms with E-state index in [-0.39, 0.29) is 17.5 Å². The van der Waals surface area contributed by atoms with E-state index in [1.165, 1.54) is 4.31 Å². The van der Waals surface area contributed by atoms with E-state index in [4.69, 9.17) is 4.74 Å². The van der Waals surface area contributed by atoms with Crippen LogP contribution in [0.25, 0.3) is 0 Å². The van der Waals surface area contributed by atoms with Crippen LogP contribution < -0.4 is 4.31 Å². The van der Waals surface area contributed by atoms with Crippen molar-refractivity contribution in [1.82, 2.24) is 0 Å². The lowest BCUT2D eigenvalue weighted by molar-refractivity contribution is -0.148. The van der Waals surface area contributed by atoms with Crippen LogP contribution in [0.1, 0.15) is 25.0 Å². The summed E-state index contributed by atoms with van der Waals surface area (Å²) in [6, 6.07) is 13.6. The van der Waals surface area contributed by atoms with E-state index >= 15 is 0 Å². The van der Waals surface area contributed by atoms with Gasteiger partial charge in [0.1, 0.15) is 0 Å². The van der Waals surface area contributed by atoms with Crippen molar-refractivity contribution in [2.24, 2.45) is 5.92 Å². The van der Waals surface area contributed by atoms with Gasteiger partial charge < -0.3 is 4.74 Å². The topological polar surface area (TPSA) is 63.7 Å². The summed E-state index contributed by atoms with van der Waals surface area (Å²) in [5.41, 5.74) is 2.33. The fraction of sp³-hybridized carbons (Fsp3) is 0.350. The quantitative estimate of drug-likeness (QED) is 0.772. The fourth-order valence-electron chi connectivity index (χ4n) is 3.46. The number of esters is 1. The molecule has 2 aromatic carbocycles. The minimum absolute atomic E-state index is 0.226. The Morgan fingerprint density at radius 1 is 1.19 bits per heavy atom. The van der Waals surface area contributed by atoms with Crippen LogP contribution in [0.5, 0.6) is 0 Å². The molecule has 1 aliphatic rings. The number of nitrogens with zero attached hydrogens (tertiary/aromatic N) is 1. The van der Waals surface area contributed by atoms with Crippen molar-refractivity contribution in [1.29, 1.82) is 0 Å². The number of rotatable bonds is 4. The van der Waals surface area contributed by atoms with Gasteiger partial charge in [0, 0.05) is 0 Å². The Balaban J connectivity index is 2.13. The standard InChI is InChI=1S/C20H23NO4S/c1-4-25-20(22)18-13-16-9-5-6-11-19(16)21(15(18)3)26(23,24)17-10-7-8-14(2)12-17/h5-12,15,18H,4,13H2,1-3H3/t15-,18-/m1/s1. The molecule has 0 amide bonds. The number of ether oxygens (including phenoxy) is 1. The van der Waals surface area contributed by atoms with Crippen LogP contribution in [0.2, 0.25) is 0 Å². The summed E-state index contributed by atoms with van der Waals surface area (Å²) >= 11 is 0. The first kappa shape index (κ1) is 18.5. The Morgan fingerprint density at radius 2 is 1.92 bits per heavy atom. The molecule has 2 atom stereocenters. The zero-order valence-corrected chi connectivity index (χ0v) is 16.0. The molecule has 0 saturated heterocycles. The average Bonchev–Trinajstić information content (AvgIpc) is 2.61. The smallest absolute Gasteiger partial charge is 0.311 e. The molecular formula is C20H23NO4S. The Bertz CT molecular complexity index is 923. The summed E-state index contributed by atoms with van der Waals surface area (Å²) in [5, 5.41) is 0. The van der Waals surface area contributed by atoms with Crippen molar-refractivity contribution in [2.75, 3.05) is 10.9 Å². The molecule has 0 spiro atoms. The minimum atomic E-state index is -3.80. The number of benzene rings is 2. The number of carbonyl (C=O) groups excluding carboxylic acids is 1. The normalized spacial score (nSPS) is 19.7. The zero-order chi connectivity index (χ0) is 18.9. The second kappa shape index (κ2) is 7.11. The maximum Gasteiger partial charge on any atom is 0.311 e. The summed E-state index contributed by atoms with van der Waals surface area (Å²) < 4.78 is 33.4. The van der Waals surface area contributed by atoms with E-state index < -0.39 is 22.0 Å². The highest BCUT2D eigenvalue weighted by Gasteiger charge is 2.42. The molecule has 0 unspecified atom stereocenters. The van der Waals surface area contributed by atoms with Crippen molar-refractivity contribution >= 4 is 21.7 Å². The van der Waals surface area contributed by atoms with Crippen molar-refractivity contribution in [2.45, 2.75) is 38.1 Å². The molecule has 0 aliphatic carbocycles. The van der Waals surface area contributed by atoms with E-state index in [2.05, 4.69) is 0 Å². The lowest BCUT2D eigenvalue weighted by Gasteiger charge is -2.39. The van der Waals surface area contributed by atoms with Crippen LogP contribution in [0.3, 0.4) is 0 Å². The largest absolute Gasteiger partial charge is 0.466 e. The molecule has 0 bridgehead atoms. The SMILES string of the molecule is CCOC(=O)[C@@H]1Cc2ccccc2N(S(=O)(=O)c2cccc(C)c2)[C@@H]1C. The first-order valence-corrected chi connectivity index (χ1v) is 10.2. The highest BCUT2D eigenvalue weighted by atomic mass is 32.2. The van der Waals surface area contributed by atoms with Gasteiger partial charge in [-0.1, -0.05) is 30.3 Å². The molecule has 2 aromatic rings. The Kier molecular flexibility index (Phi) is 5.05. The number of anilines is 1. The predicted octanol–water partition coefficient (Wildman–Crippen LogP) is 3.31. The Hall–Kier alpha value is -2.34. The van der Waals surface area contributed by atoms with Crippen LogP contribution in [0.15, 0.2) is 53.4 Å². The molecule has 0 radical (unpaired) electrons. The minimum Gasteiger partial charge on any atom is -0.466 e. The highest BCUT2D eigenvalue weighted by Crippen LogP contribution is 2.38. The summed E-state index contributed by atoms with van der Waals surface area (Å²) in [7, 11) is -3.80. The van der Waals surface area contributed by atoms with Crippen molar-refractivity contribution in [3.63, 3.8) is 0 Å². The number of hydrogen-bond donors (Lipinski definition) is 0. The first-order chi connectivity index (χ1) is 12.4. The molecule has 0 saturated carbocycles. The number of para-hydroxylation sites is 1. The molecule has 0 fully saturated rings. The van der Waals surface area contributed by atoms with Crippen LogP contribution in [0, 0.1) is 12.8 Å². The van der Waals surface area contributed by atoms with Crippen molar-refractivity contribution in [3.05, 3.63) is 59.7 Å². The van der Waals surface area contributed by atoms with Gasteiger partial charge in [0.05, 0.1) is 29.1 Å². The van der Waals surface area contributed by atoms with Gasteiger partial charge in [0.25, 0.3) is 10.0 Å². The van der Waals surface area contributed by atoms with E-state index in [9.17, 15) is 13.2 Å². The summed E-state index contributed by atoms with van der Waals surface area (Å²) in [4.78, 5) is 12.7. The number of aryl methyl sites for hydroxylation is 1. The molecule has 5 nitrogen and oxygen atoms in total. The first-order valence-electron chi connectivity index (χ1n) is 8.72. The van der Waals surface area contributed by atoms with E-state index in [0.29, 0.717) is 12.1 Å². The average molecular weight is 373 g/mol. The summed E-state index contributed by atoms with van der Waals surface area (Å²) in [6.45, 7) is 5.65. The monoisotopic (exact) mass is 373 g/mol. The van der Waals surface area contributed by atoms with Crippen LogP contribution >= 0.6 is 0 Å². The van der Waals surface area contributed by atoms with Gasteiger partial charge in [-0.2, -0.15) is 0 Å². The lowest BCUT2D eigenvalue weighted by Crippen LogP contribution is -2.49. The summed E-state index contributed by atoms with van der Waals surface area (Å²) in [6.07, 6.45) is 0.468. The number of carbonyl (C=O) groups is 1. The van der Waals surface area contributed by atoms with Gasteiger partial charge in [0.2, 0.25) is 0 Å². The Labute approximate surface area is 154 Å². The van der Waals surface area contributed by atoms with Gasteiger partial charge in [-0.15, -0.1) is 0 Å². The second-order valence-electron chi connectivity index (χ2n) is 6.55. The van der Waals surface area contributed by atoms with E-state index in [1.54, 1.807) is 38.1 Å². The van der Waals surface area contributed by atoms with Gasteiger partial charge >= 0.3 is 5.97 Å². The van der Waals surface area contributed by atoms with Crippen molar-refractivity contribution in [3.8, 4) is 0 Å². The maximum absolute atomic E-state index is 13.4. The van der Waals surface area contributed by atoms with Crippen LogP contribution in [0.4, 0.5) is 5.69 Å². The Morgan fingerprint density at radius 3 is 2.62 bits per heavy atom. The van der Waals surface area contributed by atoms with Gasteiger partial charge in [0.15, 0.2) is 0 Å². The van der Waals surface area contributed by atoms with Gasteiger partial charge in [-0.3, -0.25) is 9.10 Å². The highest BCUT2D eigenvalue weighted by molar-refractivity contribution is 7.92. The maximum atomic E-state index is 13.4. The third-order valence-electron chi connectivity index (χ3n) is 4.76. The summed E-state index contributed by atoms with van der Waals surface area (Å²) in [5.74, 6) is -0.900. The molecule has 0 aromatic heterocycles. The van der Waals surface area contributed by atoms with Crippen molar-refractivity contribution < 1.29 is 17.9 Å². The zero-order valence-electron chi connectivity index (χ0n) is 15.2. The van der Waals surface area contributed by atoms with Crippen LogP contribution in [-0.4, -0.2) is 27.0 Å². The lowest BCUT2D eigenvalue weighted by atomic mass is 9.88.